The van der Waals surface area contributed by atoms with Crippen molar-refractivity contribution in [2.45, 2.75) is 25.9 Å². The molecule has 0 atom stereocenters. The summed E-state index contributed by atoms with van der Waals surface area (Å²) >= 11 is 11.1. The molecule has 0 unspecified atom stereocenters. The maximum atomic E-state index is 11.9. The average Bonchev–Trinajstić information content (AvgIpc) is 2.38. The Morgan fingerprint density at radius 2 is 2.14 bits per heavy atom. The van der Waals surface area contributed by atoms with Gasteiger partial charge in [0.1, 0.15) is 4.99 Å². The van der Waals surface area contributed by atoms with Crippen LogP contribution >= 0.6 is 23.8 Å². The number of nitrogens with one attached hydrogen (secondary N) is 1. The fourth-order valence-electron chi connectivity index (χ4n) is 2.12. The molecule has 0 bridgehead atoms. The van der Waals surface area contributed by atoms with Crippen LogP contribution in [0.2, 0.25) is 5.02 Å². The van der Waals surface area contributed by atoms with Crippen molar-refractivity contribution in [3.63, 3.8) is 0 Å². The minimum Gasteiger partial charge on any atom is -0.389 e. The first-order chi connectivity index (χ1) is 9.71. The van der Waals surface area contributed by atoms with E-state index in [1.807, 2.05) is 6.07 Å². The fourth-order valence-corrected chi connectivity index (χ4v) is 2.49. The van der Waals surface area contributed by atoms with Crippen molar-refractivity contribution in [3.8, 4) is 0 Å². The predicted octanol–water partition coefficient (Wildman–Crippen LogP) is 1.21. The van der Waals surface area contributed by atoms with Crippen LogP contribution in [0.1, 0.15) is 25.0 Å². The van der Waals surface area contributed by atoms with E-state index in [0.29, 0.717) is 17.1 Å². The number of nitrogens with two attached hydrogens (primary N) is 1. The Kier molecular flexibility index (Phi) is 4.32. The summed E-state index contributed by atoms with van der Waals surface area (Å²) in [5, 5.41) is 2.85. The van der Waals surface area contributed by atoms with Gasteiger partial charge in [0.15, 0.2) is 0 Å². The number of carbonyl (C=O) groups is 2. The number of piperazine rings is 1. The van der Waals surface area contributed by atoms with Crippen LogP contribution in [0.15, 0.2) is 18.2 Å². The van der Waals surface area contributed by atoms with Crippen molar-refractivity contribution >= 4 is 40.6 Å². The van der Waals surface area contributed by atoms with Crippen molar-refractivity contribution < 1.29 is 9.59 Å². The Morgan fingerprint density at radius 1 is 1.48 bits per heavy atom. The second kappa shape index (κ2) is 5.71. The normalized spacial score (nSPS) is 18.4. The van der Waals surface area contributed by atoms with Crippen molar-refractivity contribution in [2.75, 3.05) is 6.54 Å². The second-order valence-electron chi connectivity index (χ2n) is 5.46. The third-order valence-corrected chi connectivity index (χ3v) is 4.22. The number of carbonyl (C=O) groups excluding carboxylic acids is 2. The highest BCUT2D eigenvalue weighted by Crippen LogP contribution is 2.25. The van der Waals surface area contributed by atoms with E-state index in [4.69, 9.17) is 29.6 Å². The van der Waals surface area contributed by atoms with E-state index in [-0.39, 0.29) is 23.3 Å². The highest BCUT2D eigenvalue weighted by atomic mass is 35.5. The van der Waals surface area contributed by atoms with E-state index in [0.717, 1.165) is 5.56 Å². The Bertz CT molecular complexity index is 631. The predicted molar refractivity (Wildman–Crippen MR) is 85.0 cm³/mol. The molecule has 0 spiro atoms. The molecule has 1 saturated heterocycles. The molecular formula is C14H16ClN3O2S. The van der Waals surface area contributed by atoms with Crippen molar-refractivity contribution in [2.24, 2.45) is 5.73 Å². The number of nitrogens with zero attached hydrogens (tertiary/aromatic N) is 1. The van der Waals surface area contributed by atoms with Gasteiger partial charge >= 0.3 is 0 Å². The van der Waals surface area contributed by atoms with Crippen LogP contribution in [0.3, 0.4) is 0 Å². The monoisotopic (exact) mass is 325 g/mol. The van der Waals surface area contributed by atoms with Gasteiger partial charge in [0, 0.05) is 17.1 Å². The molecule has 21 heavy (non-hydrogen) atoms. The SMILES string of the molecule is CC1(C)C(=O)NC(=O)CN1Cc1ccc(C(N)=S)cc1Cl. The lowest BCUT2D eigenvalue weighted by molar-refractivity contribution is -0.145. The number of rotatable bonds is 3. The summed E-state index contributed by atoms with van der Waals surface area (Å²) in [5.41, 5.74) is 6.28. The molecule has 1 aromatic rings. The van der Waals surface area contributed by atoms with Gasteiger partial charge in [0.25, 0.3) is 0 Å². The first kappa shape index (κ1) is 15.9. The third-order valence-electron chi connectivity index (χ3n) is 3.63. The number of hydrogen-bond acceptors (Lipinski definition) is 4. The zero-order valence-corrected chi connectivity index (χ0v) is 13.3. The van der Waals surface area contributed by atoms with Gasteiger partial charge < -0.3 is 5.73 Å². The maximum Gasteiger partial charge on any atom is 0.246 e. The van der Waals surface area contributed by atoms with E-state index in [1.165, 1.54) is 0 Å². The van der Waals surface area contributed by atoms with Crippen LogP contribution in [0.4, 0.5) is 0 Å². The standard InChI is InChI=1S/C14H16ClN3O2S/c1-14(2)13(20)17-11(19)7-18(14)6-9-4-3-8(12(16)21)5-10(9)15/h3-5H,6-7H2,1-2H3,(H2,16,21)(H,17,19,20). The Hall–Kier alpha value is -1.50. The van der Waals surface area contributed by atoms with Crippen LogP contribution in [-0.4, -0.2) is 33.8 Å². The van der Waals surface area contributed by atoms with Gasteiger partial charge in [-0.15, -0.1) is 0 Å². The molecule has 1 heterocycles. The zero-order chi connectivity index (χ0) is 15.8. The number of hydrogen-bond donors (Lipinski definition) is 2. The summed E-state index contributed by atoms with van der Waals surface area (Å²) in [7, 11) is 0. The summed E-state index contributed by atoms with van der Waals surface area (Å²) < 4.78 is 0. The lowest BCUT2D eigenvalue weighted by Gasteiger charge is -2.40. The minimum atomic E-state index is -0.779. The van der Waals surface area contributed by atoms with E-state index >= 15 is 0 Å². The highest BCUT2D eigenvalue weighted by Gasteiger charge is 2.40. The van der Waals surface area contributed by atoms with E-state index in [9.17, 15) is 9.59 Å². The first-order valence-electron chi connectivity index (χ1n) is 6.39. The van der Waals surface area contributed by atoms with Crippen LogP contribution in [0, 0.1) is 0 Å². The number of imide groups is 1. The smallest absolute Gasteiger partial charge is 0.246 e. The minimum absolute atomic E-state index is 0.145. The summed E-state index contributed by atoms with van der Waals surface area (Å²) in [4.78, 5) is 25.5. The molecule has 1 fully saturated rings. The summed E-state index contributed by atoms with van der Waals surface area (Å²) in [6.45, 7) is 4.08. The molecule has 2 rings (SSSR count). The van der Waals surface area contributed by atoms with Crippen molar-refractivity contribution in [3.05, 3.63) is 34.3 Å². The Balaban J connectivity index is 2.26. The van der Waals surface area contributed by atoms with Gasteiger partial charge in [-0.25, -0.2) is 0 Å². The molecule has 1 aliphatic heterocycles. The topological polar surface area (TPSA) is 75.4 Å². The van der Waals surface area contributed by atoms with Crippen molar-refractivity contribution in [1.29, 1.82) is 0 Å². The van der Waals surface area contributed by atoms with Gasteiger partial charge in [-0.05, 0) is 25.5 Å². The van der Waals surface area contributed by atoms with Gasteiger partial charge in [-0.1, -0.05) is 36.0 Å². The fraction of sp³-hybridized carbons (Fsp3) is 0.357. The number of benzene rings is 1. The largest absolute Gasteiger partial charge is 0.389 e. The molecule has 7 heteroatoms. The van der Waals surface area contributed by atoms with E-state index in [1.54, 1.807) is 30.9 Å². The van der Waals surface area contributed by atoms with Gasteiger partial charge in [-0.2, -0.15) is 0 Å². The van der Waals surface area contributed by atoms with Gasteiger partial charge in [0.2, 0.25) is 11.8 Å². The quantitative estimate of drug-likeness (QED) is 0.645. The summed E-state index contributed by atoms with van der Waals surface area (Å²) in [6, 6.07) is 5.28. The molecule has 112 valence electrons. The number of amides is 2. The number of halogens is 1. The summed E-state index contributed by atoms with van der Waals surface area (Å²) in [5.74, 6) is -0.621. The van der Waals surface area contributed by atoms with E-state index in [2.05, 4.69) is 5.32 Å². The molecule has 0 aromatic heterocycles. The lowest BCUT2D eigenvalue weighted by Crippen LogP contribution is -2.63. The molecule has 0 radical (unpaired) electrons. The molecule has 1 aliphatic rings. The van der Waals surface area contributed by atoms with Gasteiger partial charge in [-0.3, -0.25) is 19.8 Å². The average molecular weight is 326 g/mol. The maximum absolute atomic E-state index is 11.9. The Morgan fingerprint density at radius 3 is 2.71 bits per heavy atom. The second-order valence-corrected chi connectivity index (χ2v) is 6.31. The third kappa shape index (κ3) is 3.23. The first-order valence-corrected chi connectivity index (χ1v) is 7.18. The van der Waals surface area contributed by atoms with E-state index < -0.39 is 5.54 Å². The molecule has 2 amide bonds. The van der Waals surface area contributed by atoms with Crippen LogP contribution in [0.5, 0.6) is 0 Å². The molecule has 5 nitrogen and oxygen atoms in total. The molecule has 1 aromatic carbocycles. The van der Waals surface area contributed by atoms with Crippen LogP contribution in [0.25, 0.3) is 0 Å². The van der Waals surface area contributed by atoms with Crippen LogP contribution in [-0.2, 0) is 16.1 Å². The Labute approximate surface area is 133 Å². The highest BCUT2D eigenvalue weighted by molar-refractivity contribution is 7.80. The molecule has 0 aliphatic carbocycles. The van der Waals surface area contributed by atoms with Crippen LogP contribution < -0.4 is 11.1 Å². The van der Waals surface area contributed by atoms with Gasteiger partial charge in [0.05, 0.1) is 12.1 Å². The molecule has 0 saturated carbocycles. The molecular weight excluding hydrogens is 310 g/mol. The van der Waals surface area contributed by atoms with Crippen molar-refractivity contribution in [1.82, 2.24) is 10.2 Å². The zero-order valence-electron chi connectivity index (χ0n) is 11.8. The lowest BCUT2D eigenvalue weighted by atomic mass is 9.97. The molecule has 3 N–H and O–H groups in total. The number of thiocarbonyl (C=S) groups is 1. The summed E-state index contributed by atoms with van der Waals surface area (Å²) in [6.07, 6.45) is 0.